The molecule has 0 saturated carbocycles. The maximum absolute atomic E-state index is 6.09. The lowest BCUT2D eigenvalue weighted by Gasteiger charge is -2.26. The van der Waals surface area contributed by atoms with Gasteiger partial charge in [0.15, 0.2) is 0 Å². The van der Waals surface area contributed by atoms with Crippen molar-refractivity contribution in [1.82, 2.24) is 30.4 Å². The Morgan fingerprint density at radius 2 is 0.528 bits per heavy atom. The summed E-state index contributed by atoms with van der Waals surface area (Å²) < 4.78 is 12.2. The fraction of sp³-hybridized carbons (Fsp3) is 0.0323. The molecule has 0 radical (unpaired) electrons. The van der Waals surface area contributed by atoms with Crippen LogP contribution in [0.5, 0.6) is 0 Å². The first-order valence-electron chi connectivity index (χ1n) is 23.7. The normalized spacial score (nSPS) is 11.2. The van der Waals surface area contributed by atoms with Crippen LogP contribution in [-0.2, 0) is 0 Å². The molecule has 0 saturated heterocycles. The summed E-state index contributed by atoms with van der Waals surface area (Å²) in [6.07, 6.45) is 0. The fourth-order valence-corrected chi connectivity index (χ4v) is 8.88. The molecule has 0 N–H and O–H groups in total. The Labute approximate surface area is 416 Å². The van der Waals surface area contributed by atoms with Gasteiger partial charge in [-0.3, -0.25) is 0 Å². The molecule has 0 amide bonds. The molecular formula is C62H44N8O2. The monoisotopic (exact) mass is 932 g/mol. The minimum absolute atomic E-state index is 0.461. The van der Waals surface area contributed by atoms with E-state index in [1.54, 1.807) is 0 Å². The third kappa shape index (κ3) is 8.65. The van der Waals surface area contributed by atoms with Gasteiger partial charge in [-0.2, -0.15) is 0 Å². The van der Waals surface area contributed by atoms with Crippen molar-refractivity contribution in [2.24, 2.45) is 0 Å². The molecule has 12 aromatic rings. The highest BCUT2D eigenvalue weighted by Crippen LogP contribution is 2.41. The first kappa shape index (κ1) is 43.5. The zero-order valence-corrected chi connectivity index (χ0v) is 39.3. The van der Waals surface area contributed by atoms with Gasteiger partial charge in [-0.05, 0) is 158 Å². The van der Waals surface area contributed by atoms with Crippen LogP contribution in [0.3, 0.4) is 0 Å². The highest BCUT2D eigenvalue weighted by Gasteiger charge is 2.20. The summed E-state index contributed by atoms with van der Waals surface area (Å²) in [5.41, 5.74) is 16.9. The second-order valence-corrected chi connectivity index (χ2v) is 17.4. The van der Waals surface area contributed by atoms with E-state index in [2.05, 4.69) is 178 Å². The molecule has 0 atom stereocenters. The number of aromatic nitrogens is 6. The van der Waals surface area contributed by atoms with Gasteiger partial charge in [0.1, 0.15) is 0 Å². The number of benzene rings is 9. The molecule has 10 heteroatoms. The summed E-state index contributed by atoms with van der Waals surface area (Å²) in [4.78, 5) is 15.2. The zero-order chi connectivity index (χ0) is 48.4. The summed E-state index contributed by atoms with van der Waals surface area (Å²) in [5.74, 6) is 1.89. The average Bonchev–Trinajstić information content (AvgIpc) is 4.16. The molecule has 3 aromatic heterocycles. The van der Waals surface area contributed by atoms with Crippen LogP contribution in [0.2, 0.25) is 0 Å². The third-order valence-electron chi connectivity index (χ3n) is 12.7. The number of fused-ring (bicyclic) bond motifs is 1. The van der Waals surface area contributed by atoms with Gasteiger partial charge < -0.3 is 18.6 Å². The van der Waals surface area contributed by atoms with Gasteiger partial charge in [0.25, 0.3) is 0 Å². The second kappa shape index (κ2) is 18.9. The van der Waals surface area contributed by atoms with Crippen LogP contribution < -0.4 is 9.80 Å². The van der Waals surface area contributed by atoms with Crippen molar-refractivity contribution in [1.29, 1.82) is 0 Å². The lowest BCUT2D eigenvalue weighted by atomic mass is 10.0. The molecular weight excluding hydrogens is 889 g/mol. The summed E-state index contributed by atoms with van der Waals surface area (Å²) in [6, 6.07) is 78.0. The standard InChI is InChI=1S/C62H44N8O2/c1-41-39-55-56(40-42(41)2)64-58(44-25-33-52(34-26-44)70(50-21-13-6-14-22-50)54-37-29-48(30-38-54)62-68-66-60(72-62)46-17-9-4-10-18-46)57(63-55)43-23-31-51(32-24-43)69(49-19-11-5-12-20-49)53-35-27-47(28-36-53)61-67-65-59(71-61)45-15-7-3-8-16-45/h3-40H,1-2H3. The number of nitrogens with zero attached hydrogens (tertiary/aromatic N) is 8. The van der Waals surface area contributed by atoms with Gasteiger partial charge in [-0.25, -0.2) is 9.97 Å². The largest absolute Gasteiger partial charge is 0.416 e. The minimum Gasteiger partial charge on any atom is -0.416 e. The summed E-state index contributed by atoms with van der Waals surface area (Å²) in [7, 11) is 0. The molecule has 0 aliphatic carbocycles. The van der Waals surface area contributed by atoms with E-state index in [-0.39, 0.29) is 0 Å². The number of para-hydroxylation sites is 2. The maximum atomic E-state index is 6.09. The number of rotatable bonds is 12. The first-order valence-corrected chi connectivity index (χ1v) is 23.7. The molecule has 0 spiro atoms. The molecule has 344 valence electrons. The van der Waals surface area contributed by atoms with E-state index in [0.29, 0.717) is 23.6 Å². The Balaban J connectivity index is 0.875. The smallest absolute Gasteiger partial charge is 0.248 e. The molecule has 0 aliphatic rings. The summed E-state index contributed by atoms with van der Waals surface area (Å²) in [6.45, 7) is 4.23. The second-order valence-electron chi connectivity index (χ2n) is 17.4. The minimum atomic E-state index is 0.461. The van der Waals surface area contributed by atoms with E-state index in [1.165, 1.54) is 11.1 Å². The van der Waals surface area contributed by atoms with Gasteiger partial charge in [0, 0.05) is 67.5 Å². The van der Waals surface area contributed by atoms with Crippen molar-refractivity contribution in [2.75, 3.05) is 9.80 Å². The van der Waals surface area contributed by atoms with Crippen molar-refractivity contribution in [3.63, 3.8) is 0 Å². The van der Waals surface area contributed by atoms with Crippen molar-refractivity contribution in [3.05, 3.63) is 242 Å². The predicted molar refractivity (Wildman–Crippen MR) is 287 cm³/mol. The first-order chi connectivity index (χ1) is 35.5. The van der Waals surface area contributed by atoms with E-state index >= 15 is 0 Å². The molecule has 0 fully saturated rings. The lowest BCUT2D eigenvalue weighted by Crippen LogP contribution is -2.10. The van der Waals surface area contributed by atoms with Gasteiger partial charge >= 0.3 is 0 Å². The van der Waals surface area contributed by atoms with E-state index in [0.717, 1.165) is 89.9 Å². The molecule has 12 rings (SSSR count). The van der Waals surface area contributed by atoms with E-state index in [9.17, 15) is 0 Å². The Morgan fingerprint density at radius 1 is 0.278 bits per heavy atom. The van der Waals surface area contributed by atoms with Crippen molar-refractivity contribution in [3.8, 4) is 68.3 Å². The number of aryl methyl sites for hydroxylation is 2. The highest BCUT2D eigenvalue weighted by molar-refractivity contribution is 5.89. The van der Waals surface area contributed by atoms with Crippen LogP contribution in [0, 0.1) is 13.8 Å². The van der Waals surface area contributed by atoms with Crippen LogP contribution in [0.15, 0.2) is 239 Å². The van der Waals surface area contributed by atoms with Crippen LogP contribution in [0.4, 0.5) is 34.1 Å². The molecule has 0 aliphatic heterocycles. The molecule has 10 nitrogen and oxygen atoms in total. The fourth-order valence-electron chi connectivity index (χ4n) is 8.88. The van der Waals surface area contributed by atoms with E-state index in [1.807, 2.05) is 97.1 Å². The lowest BCUT2D eigenvalue weighted by molar-refractivity contribution is 0.584. The van der Waals surface area contributed by atoms with Crippen LogP contribution in [0.1, 0.15) is 11.1 Å². The number of anilines is 6. The maximum Gasteiger partial charge on any atom is 0.248 e. The molecule has 0 unspecified atom stereocenters. The Hall–Kier alpha value is -9.80. The van der Waals surface area contributed by atoms with Gasteiger partial charge in [0.2, 0.25) is 23.6 Å². The predicted octanol–water partition coefficient (Wildman–Crippen LogP) is 16.0. The van der Waals surface area contributed by atoms with Gasteiger partial charge in [-0.15, -0.1) is 20.4 Å². The van der Waals surface area contributed by atoms with Crippen LogP contribution in [-0.4, -0.2) is 30.4 Å². The average molecular weight is 933 g/mol. The number of hydrogen-bond donors (Lipinski definition) is 0. The highest BCUT2D eigenvalue weighted by atomic mass is 16.4. The number of hydrogen-bond acceptors (Lipinski definition) is 10. The zero-order valence-electron chi connectivity index (χ0n) is 39.3. The molecule has 0 bridgehead atoms. The van der Waals surface area contributed by atoms with E-state index in [4.69, 9.17) is 18.8 Å². The summed E-state index contributed by atoms with van der Waals surface area (Å²) >= 11 is 0. The van der Waals surface area contributed by atoms with Gasteiger partial charge in [-0.1, -0.05) is 97.1 Å². The van der Waals surface area contributed by atoms with Crippen LogP contribution in [0.25, 0.3) is 79.4 Å². The quantitative estimate of drug-likeness (QED) is 0.117. The van der Waals surface area contributed by atoms with Gasteiger partial charge in [0.05, 0.1) is 22.4 Å². The van der Waals surface area contributed by atoms with E-state index < -0.39 is 0 Å². The Bertz CT molecular complexity index is 3540. The third-order valence-corrected chi connectivity index (χ3v) is 12.7. The Kier molecular flexibility index (Phi) is 11.4. The van der Waals surface area contributed by atoms with Crippen molar-refractivity contribution < 1.29 is 8.83 Å². The SMILES string of the molecule is Cc1cc2nc(-c3ccc(N(c4ccccc4)c4ccc(-c5nnc(-c6ccccc6)o5)cc4)cc3)c(-c3ccc(N(c4ccccc4)c4ccc(-c5nnc(-c6ccccc6)o5)cc4)cc3)nc2cc1C. The summed E-state index contributed by atoms with van der Waals surface area (Å²) in [5, 5.41) is 17.3. The molecule has 3 heterocycles. The topological polar surface area (TPSA) is 110 Å². The van der Waals surface area contributed by atoms with Crippen molar-refractivity contribution >= 4 is 45.2 Å². The molecule has 9 aromatic carbocycles. The van der Waals surface area contributed by atoms with Crippen molar-refractivity contribution in [2.45, 2.75) is 13.8 Å². The Morgan fingerprint density at radius 3 is 0.833 bits per heavy atom. The van der Waals surface area contributed by atoms with Crippen LogP contribution >= 0.6 is 0 Å². The molecule has 72 heavy (non-hydrogen) atoms.